The van der Waals surface area contributed by atoms with Crippen molar-refractivity contribution >= 4 is 16.2 Å². The van der Waals surface area contributed by atoms with E-state index >= 15 is 0 Å². The normalized spacial score (nSPS) is 12.0. The van der Waals surface area contributed by atoms with Gasteiger partial charge in [-0.05, 0) is 36.1 Å². The molecule has 23 heavy (non-hydrogen) atoms. The first-order valence-electron chi connectivity index (χ1n) is 7.50. The van der Waals surface area contributed by atoms with Gasteiger partial charge in [-0.25, -0.2) is 0 Å². The maximum atomic E-state index is 12.4. The molecule has 0 saturated heterocycles. The van der Waals surface area contributed by atoms with Crippen molar-refractivity contribution in [1.29, 1.82) is 0 Å². The second-order valence-corrected chi connectivity index (χ2v) is 7.77. The number of rotatable bonds is 5. The number of hydrogen-bond acceptors (Lipinski definition) is 3. The summed E-state index contributed by atoms with van der Waals surface area (Å²) in [5, 5.41) is 4.06. The third kappa shape index (κ3) is 4.20. The zero-order valence-corrected chi connectivity index (χ0v) is 14.7. The van der Waals surface area contributed by atoms with E-state index in [0.29, 0.717) is 5.92 Å². The lowest BCUT2D eigenvalue weighted by molar-refractivity contribution is 0.491. The molecule has 5 heteroatoms. The smallest absolute Gasteiger partial charge is 0.200 e. The van der Waals surface area contributed by atoms with Gasteiger partial charge in [-0.3, -0.25) is 0 Å². The van der Waals surface area contributed by atoms with Gasteiger partial charge in [0.15, 0.2) is 0 Å². The Hall–Kier alpha value is -2.14. The first-order valence-corrected chi connectivity index (χ1v) is 8.94. The Kier molecular flexibility index (Phi) is 5.21. The summed E-state index contributed by atoms with van der Waals surface area (Å²) in [5.41, 5.74) is 3.11. The molecular formula is C18H22N2O2S. The van der Waals surface area contributed by atoms with Gasteiger partial charge in [0.05, 0.1) is 11.1 Å². The van der Waals surface area contributed by atoms with Gasteiger partial charge in [0.2, 0.25) is 0 Å². The Morgan fingerprint density at radius 2 is 1.57 bits per heavy atom. The molecule has 2 aromatic carbocycles. The first-order chi connectivity index (χ1) is 10.8. The average Bonchev–Trinajstić information content (AvgIpc) is 2.53. The van der Waals surface area contributed by atoms with E-state index in [9.17, 15) is 8.42 Å². The van der Waals surface area contributed by atoms with Gasteiger partial charge in [-0.2, -0.15) is 17.9 Å². The standard InChI is InChI=1S/C18H22N2O2S/c1-14(2)17-9-7-16(8-10-17)13-19-20(4)23(21,22)18-11-5-15(3)6-12-18/h5-14H,1-4H3. The number of hydrogen-bond donors (Lipinski definition) is 0. The summed E-state index contributed by atoms with van der Waals surface area (Å²) in [6.45, 7) is 6.18. The highest BCUT2D eigenvalue weighted by molar-refractivity contribution is 7.89. The third-order valence-corrected chi connectivity index (χ3v) is 5.30. The second-order valence-electron chi connectivity index (χ2n) is 5.82. The molecule has 0 aliphatic carbocycles. The molecule has 0 atom stereocenters. The molecule has 0 N–H and O–H groups in total. The van der Waals surface area contributed by atoms with Crippen LogP contribution >= 0.6 is 0 Å². The van der Waals surface area contributed by atoms with Crippen molar-refractivity contribution in [1.82, 2.24) is 4.41 Å². The fraction of sp³-hybridized carbons (Fsp3) is 0.278. The van der Waals surface area contributed by atoms with E-state index in [1.807, 2.05) is 31.2 Å². The van der Waals surface area contributed by atoms with Crippen LogP contribution < -0.4 is 0 Å². The van der Waals surface area contributed by atoms with Crippen molar-refractivity contribution in [2.45, 2.75) is 31.6 Å². The molecule has 0 amide bonds. The number of benzene rings is 2. The van der Waals surface area contributed by atoms with E-state index in [-0.39, 0.29) is 4.90 Å². The molecule has 0 aliphatic rings. The minimum atomic E-state index is -3.61. The quantitative estimate of drug-likeness (QED) is 0.619. The van der Waals surface area contributed by atoms with Crippen molar-refractivity contribution in [3.8, 4) is 0 Å². The van der Waals surface area contributed by atoms with Crippen molar-refractivity contribution in [2.75, 3.05) is 7.05 Å². The molecule has 0 bridgehead atoms. The van der Waals surface area contributed by atoms with E-state index in [4.69, 9.17) is 0 Å². The highest BCUT2D eigenvalue weighted by atomic mass is 32.2. The Bertz CT molecular complexity index is 777. The van der Waals surface area contributed by atoms with Crippen LogP contribution in [0.1, 0.15) is 36.5 Å². The van der Waals surface area contributed by atoms with Gasteiger partial charge in [0.1, 0.15) is 0 Å². The van der Waals surface area contributed by atoms with Crippen LogP contribution in [-0.4, -0.2) is 26.1 Å². The predicted molar refractivity (Wildman–Crippen MR) is 94.3 cm³/mol. The van der Waals surface area contributed by atoms with Crippen LogP contribution in [0.2, 0.25) is 0 Å². The molecule has 2 rings (SSSR count). The SMILES string of the molecule is Cc1ccc(S(=O)(=O)N(C)N=Cc2ccc(C(C)C)cc2)cc1. The monoisotopic (exact) mass is 330 g/mol. The molecule has 0 aliphatic heterocycles. The Morgan fingerprint density at radius 3 is 2.09 bits per heavy atom. The Morgan fingerprint density at radius 1 is 1.00 bits per heavy atom. The van der Waals surface area contributed by atoms with E-state index in [2.05, 4.69) is 18.9 Å². The molecule has 122 valence electrons. The molecule has 4 nitrogen and oxygen atoms in total. The minimum Gasteiger partial charge on any atom is -0.200 e. The first kappa shape index (κ1) is 17.2. The van der Waals surface area contributed by atoms with Crippen LogP contribution in [-0.2, 0) is 10.0 Å². The van der Waals surface area contributed by atoms with Gasteiger partial charge >= 0.3 is 0 Å². The molecule has 0 fully saturated rings. The van der Waals surface area contributed by atoms with E-state index in [0.717, 1.165) is 15.5 Å². The van der Waals surface area contributed by atoms with Gasteiger partial charge in [0.25, 0.3) is 10.0 Å². The molecule has 0 heterocycles. The van der Waals surface area contributed by atoms with Crippen molar-refractivity contribution < 1.29 is 8.42 Å². The summed E-state index contributed by atoms with van der Waals surface area (Å²) in [7, 11) is -2.17. The van der Waals surface area contributed by atoms with Gasteiger partial charge < -0.3 is 0 Å². The van der Waals surface area contributed by atoms with Crippen LogP contribution in [0.5, 0.6) is 0 Å². The van der Waals surface area contributed by atoms with Crippen LogP contribution in [0.25, 0.3) is 0 Å². The zero-order chi connectivity index (χ0) is 17.0. The molecule has 0 radical (unpaired) electrons. The van der Waals surface area contributed by atoms with Crippen LogP contribution in [0.15, 0.2) is 58.5 Å². The molecule has 0 saturated carbocycles. The number of aryl methyl sites for hydroxylation is 1. The molecule has 0 spiro atoms. The highest BCUT2D eigenvalue weighted by Crippen LogP contribution is 2.16. The predicted octanol–water partition coefficient (Wildman–Crippen LogP) is 3.77. The van der Waals surface area contributed by atoms with Crippen LogP contribution in [0.4, 0.5) is 0 Å². The maximum absolute atomic E-state index is 12.4. The maximum Gasteiger partial charge on any atom is 0.278 e. The largest absolute Gasteiger partial charge is 0.278 e. The fourth-order valence-corrected chi connectivity index (χ4v) is 3.00. The van der Waals surface area contributed by atoms with Crippen molar-refractivity contribution in [3.63, 3.8) is 0 Å². The van der Waals surface area contributed by atoms with E-state index in [1.165, 1.54) is 12.6 Å². The van der Waals surface area contributed by atoms with E-state index < -0.39 is 10.0 Å². The lowest BCUT2D eigenvalue weighted by atomic mass is 10.0. The molecule has 0 aromatic heterocycles. The summed E-state index contributed by atoms with van der Waals surface area (Å²) < 4.78 is 25.8. The number of hydrazone groups is 1. The molecule has 0 unspecified atom stereocenters. The molecule has 2 aromatic rings. The topological polar surface area (TPSA) is 49.7 Å². The second kappa shape index (κ2) is 6.96. The van der Waals surface area contributed by atoms with Crippen LogP contribution in [0.3, 0.4) is 0 Å². The average molecular weight is 330 g/mol. The summed E-state index contributed by atoms with van der Waals surface area (Å²) in [6, 6.07) is 14.7. The fourth-order valence-electron chi connectivity index (χ4n) is 2.04. The number of nitrogens with zero attached hydrogens (tertiary/aromatic N) is 2. The van der Waals surface area contributed by atoms with Gasteiger partial charge in [-0.1, -0.05) is 55.8 Å². The number of sulfonamides is 1. The lowest BCUT2D eigenvalue weighted by Crippen LogP contribution is -2.21. The summed E-state index contributed by atoms with van der Waals surface area (Å²) in [4.78, 5) is 0.234. The van der Waals surface area contributed by atoms with Crippen molar-refractivity contribution in [2.24, 2.45) is 5.10 Å². The Labute approximate surface area is 138 Å². The lowest BCUT2D eigenvalue weighted by Gasteiger charge is -2.13. The third-order valence-electron chi connectivity index (χ3n) is 3.64. The van der Waals surface area contributed by atoms with Gasteiger partial charge in [-0.15, -0.1) is 0 Å². The summed E-state index contributed by atoms with van der Waals surface area (Å²) >= 11 is 0. The Balaban J connectivity index is 2.16. The zero-order valence-electron chi connectivity index (χ0n) is 13.9. The summed E-state index contributed by atoms with van der Waals surface area (Å²) in [6.07, 6.45) is 1.55. The molecular weight excluding hydrogens is 308 g/mol. The van der Waals surface area contributed by atoms with Crippen LogP contribution in [0, 0.1) is 6.92 Å². The highest BCUT2D eigenvalue weighted by Gasteiger charge is 2.18. The van der Waals surface area contributed by atoms with Crippen molar-refractivity contribution in [3.05, 3.63) is 65.2 Å². The minimum absolute atomic E-state index is 0.234. The van der Waals surface area contributed by atoms with E-state index in [1.54, 1.807) is 30.5 Å². The summed E-state index contributed by atoms with van der Waals surface area (Å²) in [5.74, 6) is 0.463. The van der Waals surface area contributed by atoms with Gasteiger partial charge in [0, 0.05) is 7.05 Å².